The molecule has 9 heteroatoms. The van der Waals surface area contributed by atoms with Crippen LogP contribution in [0.25, 0.3) is 11.4 Å². The minimum absolute atomic E-state index is 0.0522. The largest absolute Gasteiger partial charge is 0.471 e. The van der Waals surface area contributed by atoms with E-state index in [9.17, 15) is 18.0 Å². The van der Waals surface area contributed by atoms with Gasteiger partial charge in [-0.05, 0) is 25.6 Å². The Morgan fingerprint density at radius 1 is 1.29 bits per heavy atom. The first-order valence-electron chi connectivity index (χ1n) is 7.34. The maximum absolute atomic E-state index is 12.4. The number of hydrogen-bond donors (Lipinski definition) is 2. The lowest BCUT2D eigenvalue weighted by molar-refractivity contribution is -0.159. The molecule has 0 unspecified atom stereocenters. The number of hydrogen-bond acceptors (Lipinski definition) is 5. The number of benzene rings is 1. The van der Waals surface area contributed by atoms with Crippen molar-refractivity contribution in [2.24, 2.45) is 0 Å². The summed E-state index contributed by atoms with van der Waals surface area (Å²) in [6.45, 7) is 5.28. The summed E-state index contributed by atoms with van der Waals surface area (Å²) in [5.41, 5.74) is 0.716. The Morgan fingerprint density at radius 3 is 2.50 bits per heavy atom. The minimum Gasteiger partial charge on any atom is -0.348 e. The summed E-state index contributed by atoms with van der Waals surface area (Å²) in [4.78, 5) is 15.4. The van der Waals surface area contributed by atoms with Crippen LogP contribution >= 0.6 is 0 Å². The highest BCUT2D eigenvalue weighted by Gasteiger charge is 2.38. The van der Waals surface area contributed by atoms with Crippen LogP contribution in [0.2, 0.25) is 0 Å². The van der Waals surface area contributed by atoms with E-state index in [0.717, 1.165) is 6.54 Å². The standard InChI is InChI=1S/C15H17F3N4O2/c1-3-19-8-9(2)20-13(23)11-6-4-10(5-7-11)12-21-14(24-22-12)15(16,17)18/h4-7,9,19H,3,8H2,1-2H3,(H,20,23)/t9-/m1/s1. The van der Waals surface area contributed by atoms with Crippen molar-refractivity contribution in [2.75, 3.05) is 13.1 Å². The van der Waals surface area contributed by atoms with Gasteiger partial charge in [-0.3, -0.25) is 4.79 Å². The highest BCUT2D eigenvalue weighted by molar-refractivity contribution is 5.94. The van der Waals surface area contributed by atoms with Gasteiger partial charge in [0.25, 0.3) is 5.91 Å². The van der Waals surface area contributed by atoms with E-state index < -0.39 is 12.1 Å². The lowest BCUT2D eigenvalue weighted by Crippen LogP contribution is -2.39. The Bertz CT molecular complexity index is 683. The van der Waals surface area contributed by atoms with Crippen molar-refractivity contribution in [3.63, 3.8) is 0 Å². The van der Waals surface area contributed by atoms with E-state index in [1.54, 1.807) is 0 Å². The van der Waals surface area contributed by atoms with Gasteiger partial charge in [-0.2, -0.15) is 18.2 Å². The second-order valence-corrected chi connectivity index (χ2v) is 5.18. The summed E-state index contributed by atoms with van der Waals surface area (Å²) in [6, 6.07) is 5.87. The van der Waals surface area contributed by atoms with Crippen molar-refractivity contribution in [3.05, 3.63) is 35.7 Å². The fourth-order valence-electron chi connectivity index (χ4n) is 1.95. The van der Waals surface area contributed by atoms with Gasteiger partial charge in [0.15, 0.2) is 0 Å². The van der Waals surface area contributed by atoms with Crippen LogP contribution in [-0.4, -0.2) is 35.2 Å². The molecule has 24 heavy (non-hydrogen) atoms. The summed E-state index contributed by atoms with van der Waals surface area (Å²) in [6.07, 6.45) is -4.69. The van der Waals surface area contributed by atoms with Crippen molar-refractivity contribution in [1.82, 2.24) is 20.8 Å². The number of alkyl halides is 3. The van der Waals surface area contributed by atoms with E-state index in [1.165, 1.54) is 24.3 Å². The van der Waals surface area contributed by atoms with Gasteiger partial charge in [0.1, 0.15) is 0 Å². The predicted octanol–water partition coefficient (Wildman–Crippen LogP) is 2.48. The van der Waals surface area contributed by atoms with Crippen LogP contribution in [0.15, 0.2) is 28.8 Å². The number of rotatable bonds is 6. The molecular formula is C15H17F3N4O2. The molecule has 1 aromatic heterocycles. The van der Waals surface area contributed by atoms with Crippen molar-refractivity contribution in [1.29, 1.82) is 0 Å². The molecular weight excluding hydrogens is 325 g/mol. The smallest absolute Gasteiger partial charge is 0.348 e. The fraction of sp³-hybridized carbons (Fsp3) is 0.400. The van der Waals surface area contributed by atoms with Crippen LogP contribution in [0.3, 0.4) is 0 Å². The second kappa shape index (κ2) is 7.43. The van der Waals surface area contributed by atoms with Gasteiger partial charge in [0.05, 0.1) is 0 Å². The molecule has 1 aromatic carbocycles. The zero-order valence-corrected chi connectivity index (χ0v) is 13.1. The molecule has 6 nitrogen and oxygen atoms in total. The van der Waals surface area contributed by atoms with E-state index in [0.29, 0.717) is 17.7 Å². The Hall–Kier alpha value is -2.42. The number of nitrogens with one attached hydrogen (secondary N) is 2. The molecule has 0 aliphatic rings. The molecule has 0 aliphatic heterocycles. The summed E-state index contributed by atoms with van der Waals surface area (Å²) >= 11 is 0. The van der Waals surface area contributed by atoms with Crippen molar-refractivity contribution >= 4 is 5.91 Å². The first-order valence-corrected chi connectivity index (χ1v) is 7.34. The molecule has 1 heterocycles. The first-order chi connectivity index (χ1) is 11.3. The van der Waals surface area contributed by atoms with Crippen molar-refractivity contribution in [2.45, 2.75) is 26.1 Å². The SMILES string of the molecule is CCNC[C@@H](C)NC(=O)c1ccc(-c2noc(C(F)(F)F)n2)cc1. The zero-order chi connectivity index (χ0) is 17.7. The third kappa shape index (κ3) is 4.54. The number of halogens is 3. The van der Waals surface area contributed by atoms with Gasteiger partial charge >= 0.3 is 12.1 Å². The van der Waals surface area contributed by atoms with Gasteiger partial charge in [-0.25, -0.2) is 0 Å². The van der Waals surface area contributed by atoms with E-state index in [2.05, 4.69) is 25.3 Å². The van der Waals surface area contributed by atoms with Gasteiger partial charge in [0, 0.05) is 23.7 Å². The molecule has 2 aromatic rings. The predicted molar refractivity (Wildman–Crippen MR) is 80.2 cm³/mol. The Morgan fingerprint density at radius 2 is 1.96 bits per heavy atom. The van der Waals surface area contributed by atoms with Crippen LogP contribution in [-0.2, 0) is 6.18 Å². The number of carbonyl (C=O) groups excluding carboxylic acids is 1. The lowest BCUT2D eigenvalue weighted by atomic mass is 10.1. The molecule has 2 rings (SSSR count). The third-order valence-corrected chi connectivity index (χ3v) is 3.15. The highest BCUT2D eigenvalue weighted by Crippen LogP contribution is 2.29. The molecule has 0 fully saturated rings. The van der Waals surface area contributed by atoms with Crippen molar-refractivity contribution < 1.29 is 22.5 Å². The van der Waals surface area contributed by atoms with Gasteiger partial charge in [-0.1, -0.05) is 24.2 Å². The Balaban J connectivity index is 2.05. The van der Waals surface area contributed by atoms with Gasteiger partial charge in [-0.15, -0.1) is 0 Å². The quantitative estimate of drug-likeness (QED) is 0.843. The summed E-state index contributed by atoms with van der Waals surface area (Å²) in [5.74, 6) is -1.86. The molecule has 0 spiro atoms. The molecule has 0 saturated heterocycles. The van der Waals surface area contributed by atoms with Gasteiger partial charge in [0.2, 0.25) is 5.82 Å². The van der Waals surface area contributed by atoms with E-state index in [-0.39, 0.29) is 17.8 Å². The number of carbonyl (C=O) groups is 1. The minimum atomic E-state index is -4.69. The maximum Gasteiger partial charge on any atom is 0.471 e. The highest BCUT2D eigenvalue weighted by atomic mass is 19.4. The molecule has 130 valence electrons. The average molecular weight is 342 g/mol. The molecule has 0 bridgehead atoms. The van der Waals surface area contributed by atoms with Crippen LogP contribution < -0.4 is 10.6 Å². The monoisotopic (exact) mass is 342 g/mol. The topological polar surface area (TPSA) is 80.0 Å². The normalized spacial score (nSPS) is 12.9. The molecule has 1 amide bonds. The lowest BCUT2D eigenvalue weighted by Gasteiger charge is -2.14. The molecule has 2 N–H and O–H groups in total. The Kier molecular flexibility index (Phi) is 5.55. The molecule has 0 saturated carbocycles. The van der Waals surface area contributed by atoms with E-state index in [1.807, 2.05) is 13.8 Å². The average Bonchev–Trinajstić information content (AvgIpc) is 3.03. The zero-order valence-electron chi connectivity index (χ0n) is 13.1. The maximum atomic E-state index is 12.4. The number of amides is 1. The third-order valence-electron chi connectivity index (χ3n) is 3.15. The van der Waals surface area contributed by atoms with Crippen LogP contribution in [0.4, 0.5) is 13.2 Å². The van der Waals surface area contributed by atoms with Crippen LogP contribution in [0.5, 0.6) is 0 Å². The number of likely N-dealkylation sites (N-methyl/N-ethyl adjacent to an activating group) is 1. The molecule has 1 atom stereocenters. The second-order valence-electron chi connectivity index (χ2n) is 5.18. The Labute approximate surface area is 136 Å². The van der Waals surface area contributed by atoms with E-state index in [4.69, 9.17) is 0 Å². The van der Waals surface area contributed by atoms with Crippen LogP contribution in [0.1, 0.15) is 30.1 Å². The number of nitrogens with zero attached hydrogens (tertiary/aromatic N) is 2. The fourth-order valence-corrected chi connectivity index (χ4v) is 1.95. The first kappa shape index (κ1) is 17.9. The van der Waals surface area contributed by atoms with Crippen molar-refractivity contribution in [3.8, 4) is 11.4 Å². The number of aromatic nitrogens is 2. The molecule has 0 radical (unpaired) electrons. The summed E-state index contributed by atoms with van der Waals surface area (Å²) in [7, 11) is 0. The van der Waals surface area contributed by atoms with Gasteiger partial charge < -0.3 is 15.2 Å². The summed E-state index contributed by atoms with van der Waals surface area (Å²) < 4.78 is 41.5. The molecule has 0 aliphatic carbocycles. The summed E-state index contributed by atoms with van der Waals surface area (Å²) in [5, 5.41) is 9.23. The van der Waals surface area contributed by atoms with Crippen LogP contribution in [0, 0.1) is 0 Å². The van der Waals surface area contributed by atoms with E-state index >= 15 is 0 Å².